The molecule has 0 fully saturated rings. The number of hydrogen-bond acceptors (Lipinski definition) is 1. The third kappa shape index (κ3) is 8.21. The van der Waals surface area contributed by atoms with Crippen molar-refractivity contribution in [1.82, 2.24) is 0 Å². The van der Waals surface area contributed by atoms with E-state index in [-0.39, 0.29) is 15.2 Å². The smallest absolute Gasteiger partial charge is 0.303 e. The van der Waals surface area contributed by atoms with E-state index in [0.29, 0.717) is 0 Å². The first-order valence-corrected chi connectivity index (χ1v) is 7.90. The molecule has 2 rings (SSSR count). The van der Waals surface area contributed by atoms with Crippen molar-refractivity contribution in [2.75, 3.05) is 0 Å². The molecule has 0 spiro atoms. The number of phosphoric acid groups is 1. The van der Waals surface area contributed by atoms with Crippen molar-refractivity contribution < 1.29 is 19.2 Å². The summed E-state index contributed by atoms with van der Waals surface area (Å²) in [6.07, 6.45) is 0. The van der Waals surface area contributed by atoms with Gasteiger partial charge in [-0.05, 0) is 0 Å². The van der Waals surface area contributed by atoms with Crippen LogP contribution in [0, 0.1) is 0 Å². The molecule has 2 aromatic rings. The molecular formula is C12H13AlO4P. The molecule has 6 heteroatoms. The second kappa shape index (κ2) is 7.50. The molecule has 0 aliphatic heterocycles. The zero-order chi connectivity index (χ0) is 13.4. The van der Waals surface area contributed by atoms with E-state index in [1.165, 1.54) is 8.85 Å². The molecule has 0 amide bonds. The molecule has 0 atom stereocenters. The first kappa shape index (κ1) is 15.1. The summed E-state index contributed by atoms with van der Waals surface area (Å²) in [5.41, 5.74) is 0. The lowest BCUT2D eigenvalue weighted by molar-refractivity contribution is 0.275. The third-order valence-electron chi connectivity index (χ3n) is 1.93. The van der Waals surface area contributed by atoms with Gasteiger partial charge in [0, 0.05) is 0 Å². The zero-order valence-corrected chi connectivity index (χ0v) is 11.6. The molecule has 4 nitrogen and oxygen atoms in total. The van der Waals surface area contributed by atoms with Gasteiger partial charge in [-0.25, -0.2) is 4.57 Å². The summed E-state index contributed by atoms with van der Waals surface area (Å²) in [7, 11) is -4.64. The van der Waals surface area contributed by atoms with Crippen LogP contribution in [0.5, 0.6) is 0 Å². The van der Waals surface area contributed by atoms with E-state index in [1.54, 1.807) is 0 Å². The predicted molar refractivity (Wildman–Crippen MR) is 72.2 cm³/mol. The predicted octanol–water partition coefficient (Wildman–Crippen LogP) is 0.413. The van der Waals surface area contributed by atoms with Gasteiger partial charge in [-0.3, -0.25) is 0 Å². The molecule has 93 valence electrons. The van der Waals surface area contributed by atoms with Crippen molar-refractivity contribution in [1.29, 1.82) is 0 Å². The molecule has 0 bridgehead atoms. The number of rotatable bonds is 2. The van der Waals surface area contributed by atoms with Crippen molar-refractivity contribution in [2.45, 2.75) is 0 Å². The maximum absolute atomic E-state index is 8.88. The summed E-state index contributed by atoms with van der Waals surface area (Å²) in [6, 6.07) is 21.3. The molecule has 0 saturated heterocycles. The largest absolute Gasteiger partial charge is 0.466 e. The van der Waals surface area contributed by atoms with E-state index in [4.69, 9.17) is 19.2 Å². The summed E-state index contributed by atoms with van der Waals surface area (Å²) in [4.78, 5) is 21.6. The van der Waals surface area contributed by atoms with Crippen molar-refractivity contribution in [3.05, 3.63) is 60.7 Å². The fraction of sp³-hybridized carbons (Fsp3) is 0. The summed E-state index contributed by atoms with van der Waals surface area (Å²) >= 11 is 0.271. The quantitative estimate of drug-likeness (QED) is 0.550. The zero-order valence-electron chi connectivity index (χ0n) is 9.55. The van der Waals surface area contributed by atoms with Crippen molar-refractivity contribution in [3.63, 3.8) is 0 Å². The summed E-state index contributed by atoms with van der Waals surface area (Å²) in [6.45, 7) is 0. The van der Waals surface area contributed by atoms with Gasteiger partial charge in [0.2, 0.25) is 0 Å². The van der Waals surface area contributed by atoms with Crippen LogP contribution in [0.3, 0.4) is 0 Å². The normalized spacial score (nSPS) is 10.2. The minimum atomic E-state index is -4.64. The van der Waals surface area contributed by atoms with Gasteiger partial charge in [-0.15, -0.1) is 8.85 Å². The van der Waals surface area contributed by atoms with Gasteiger partial charge in [-0.1, -0.05) is 60.7 Å². The molecule has 0 saturated carbocycles. The van der Waals surface area contributed by atoms with Crippen molar-refractivity contribution >= 4 is 31.9 Å². The van der Waals surface area contributed by atoms with E-state index in [9.17, 15) is 0 Å². The average molecular weight is 279 g/mol. The van der Waals surface area contributed by atoms with E-state index in [2.05, 4.69) is 60.7 Å². The van der Waals surface area contributed by atoms with Gasteiger partial charge in [0.1, 0.15) is 0 Å². The van der Waals surface area contributed by atoms with Crippen molar-refractivity contribution in [2.24, 2.45) is 0 Å². The Morgan fingerprint density at radius 3 is 1.28 bits per heavy atom. The van der Waals surface area contributed by atoms with Gasteiger partial charge in [0.05, 0.1) is 0 Å². The molecular weight excluding hydrogens is 266 g/mol. The Morgan fingerprint density at radius 2 is 1.00 bits per heavy atom. The minimum absolute atomic E-state index is 0.271. The topological polar surface area (TPSA) is 77.8 Å². The van der Waals surface area contributed by atoms with Gasteiger partial charge in [-0.2, -0.15) is 0 Å². The number of hydrogen-bond donors (Lipinski definition) is 3. The van der Waals surface area contributed by atoms with Crippen LogP contribution in [-0.4, -0.2) is 29.9 Å². The van der Waals surface area contributed by atoms with E-state index in [0.717, 1.165) is 0 Å². The Morgan fingerprint density at radius 1 is 0.722 bits per heavy atom. The van der Waals surface area contributed by atoms with Crippen LogP contribution in [0.15, 0.2) is 60.7 Å². The van der Waals surface area contributed by atoms with Crippen LogP contribution in [0.25, 0.3) is 0 Å². The maximum atomic E-state index is 8.88. The molecule has 0 aliphatic carbocycles. The average Bonchev–Trinajstić information content (AvgIpc) is 2.29. The lowest BCUT2D eigenvalue weighted by Gasteiger charge is -1.98. The highest BCUT2D eigenvalue weighted by Gasteiger charge is 2.00. The molecule has 1 radical (unpaired) electrons. The second-order valence-corrected chi connectivity index (χ2v) is 6.13. The first-order chi connectivity index (χ1) is 8.45. The standard InChI is InChI=1S/2C6H5.Al.H3O4P/c2*1-2-4-6-5-3-1;;1-5(2,3)4/h2*1-5H;;(H3,1,2,3,4). The fourth-order valence-electron chi connectivity index (χ4n) is 1.29. The van der Waals surface area contributed by atoms with E-state index in [1.807, 2.05) is 0 Å². The molecule has 2 aromatic carbocycles. The lowest BCUT2D eigenvalue weighted by Crippen LogP contribution is -2.26. The Labute approximate surface area is 112 Å². The lowest BCUT2D eigenvalue weighted by atomic mass is 10.4. The van der Waals surface area contributed by atoms with Crippen LogP contribution in [0.4, 0.5) is 0 Å². The highest BCUT2D eigenvalue weighted by atomic mass is 31.2. The molecule has 18 heavy (non-hydrogen) atoms. The molecule has 0 aromatic heterocycles. The highest BCUT2D eigenvalue weighted by Crippen LogP contribution is 2.25. The Balaban J connectivity index is 0.000000280. The van der Waals surface area contributed by atoms with Crippen LogP contribution in [0.1, 0.15) is 0 Å². The monoisotopic (exact) mass is 279 g/mol. The van der Waals surface area contributed by atoms with Crippen LogP contribution in [-0.2, 0) is 4.57 Å². The molecule has 0 heterocycles. The van der Waals surface area contributed by atoms with Crippen LogP contribution >= 0.6 is 7.82 Å². The summed E-state index contributed by atoms with van der Waals surface area (Å²) in [5.74, 6) is 0. The maximum Gasteiger partial charge on any atom is 0.466 e. The van der Waals surface area contributed by atoms with Gasteiger partial charge >= 0.3 is 7.82 Å². The van der Waals surface area contributed by atoms with Crippen molar-refractivity contribution in [3.8, 4) is 0 Å². The Bertz CT molecular complexity index is 452. The second-order valence-electron chi connectivity index (χ2n) is 3.48. The number of benzene rings is 2. The van der Waals surface area contributed by atoms with Gasteiger partial charge < -0.3 is 14.7 Å². The summed E-state index contributed by atoms with van der Waals surface area (Å²) < 4.78 is 11.8. The Hall–Kier alpha value is -0.918. The van der Waals surface area contributed by atoms with Gasteiger partial charge in [0.25, 0.3) is 15.2 Å². The summed E-state index contributed by atoms with van der Waals surface area (Å²) in [5, 5.41) is 0. The molecule has 0 unspecified atom stereocenters. The third-order valence-corrected chi connectivity index (χ3v) is 3.37. The minimum Gasteiger partial charge on any atom is -0.303 e. The van der Waals surface area contributed by atoms with Gasteiger partial charge in [0.15, 0.2) is 0 Å². The first-order valence-electron chi connectivity index (χ1n) is 5.18. The van der Waals surface area contributed by atoms with E-state index >= 15 is 0 Å². The van der Waals surface area contributed by atoms with Crippen LogP contribution < -0.4 is 8.85 Å². The molecule has 3 N–H and O–H groups in total. The van der Waals surface area contributed by atoms with E-state index < -0.39 is 7.82 Å². The van der Waals surface area contributed by atoms with Crippen LogP contribution in [0.2, 0.25) is 0 Å². The Kier molecular flexibility index (Phi) is 6.31. The molecule has 0 aliphatic rings. The highest BCUT2D eigenvalue weighted by molar-refractivity contribution is 7.45. The fourth-order valence-corrected chi connectivity index (χ4v) is 2.51. The SMILES string of the molecule is O=P(O)(O)O.c1cc[c]([Al][c]2ccccc2)cc1.